The van der Waals surface area contributed by atoms with Crippen molar-refractivity contribution in [2.24, 2.45) is 0 Å². The number of carbonyl (C=O) groups is 3. The Bertz CT molecular complexity index is 1210. The molecule has 0 spiro atoms. The molecular weight excluding hydrogens is 492 g/mol. The number of nitrogens with zero attached hydrogens (tertiary/aromatic N) is 3. The van der Waals surface area contributed by atoms with Gasteiger partial charge in [0.1, 0.15) is 34.3 Å². The second-order valence-electron chi connectivity index (χ2n) is 7.02. The molecule has 182 valence electrons. The van der Waals surface area contributed by atoms with Gasteiger partial charge in [0.25, 0.3) is 0 Å². The number of rotatable bonds is 11. The van der Waals surface area contributed by atoms with Crippen molar-refractivity contribution in [1.82, 2.24) is 4.98 Å². The van der Waals surface area contributed by atoms with Crippen LogP contribution in [-0.4, -0.2) is 41.2 Å². The quantitative estimate of drug-likeness (QED) is 0.342. The van der Waals surface area contributed by atoms with Crippen molar-refractivity contribution < 1.29 is 23.9 Å². The molecule has 0 amide bonds. The number of thioether (sulfide) groups is 1. The summed E-state index contributed by atoms with van der Waals surface area (Å²) in [5.41, 5.74) is 6.57. The molecule has 0 aliphatic carbocycles. The fraction of sp³-hybridized carbons (Fsp3) is 0.333. The Hall–Kier alpha value is -3.60. The summed E-state index contributed by atoms with van der Waals surface area (Å²) in [4.78, 5) is 41.1. The van der Waals surface area contributed by atoms with Crippen LogP contribution in [0, 0.1) is 22.7 Å². The Morgan fingerprint density at radius 3 is 2.29 bits per heavy atom. The molecule has 2 aromatic rings. The highest BCUT2D eigenvalue weighted by Gasteiger charge is 2.29. The molecule has 0 radical (unpaired) electrons. The van der Waals surface area contributed by atoms with E-state index in [0.29, 0.717) is 5.56 Å². The lowest BCUT2D eigenvalue weighted by molar-refractivity contribution is -0.144. The predicted octanol–water partition coefficient (Wildman–Crippen LogP) is 4.05. The first kappa shape index (κ1) is 27.6. The third-order valence-corrected chi connectivity index (χ3v) is 6.27. The van der Waals surface area contributed by atoms with E-state index in [4.69, 9.17) is 26.8 Å². The molecule has 0 fully saturated rings. The summed E-state index contributed by atoms with van der Waals surface area (Å²) in [6.07, 6.45) is -0.652. The molecule has 2 rings (SSSR count). The molecule has 2 N–H and O–H groups in total. The normalized spacial score (nSPS) is 11.1. The van der Waals surface area contributed by atoms with Gasteiger partial charge in [-0.25, -0.2) is 4.98 Å². The summed E-state index contributed by atoms with van der Waals surface area (Å²) in [6.45, 7) is 3.59. The number of esters is 2. The van der Waals surface area contributed by atoms with Crippen LogP contribution in [0.4, 0.5) is 5.82 Å². The van der Waals surface area contributed by atoms with Crippen LogP contribution in [0.1, 0.15) is 44.2 Å². The lowest BCUT2D eigenvalue weighted by atomic mass is 9.97. The monoisotopic (exact) mass is 514 g/mol. The Balaban J connectivity index is 2.54. The molecule has 0 saturated carbocycles. The average Bonchev–Trinajstić information content (AvgIpc) is 2.82. The van der Waals surface area contributed by atoms with Crippen LogP contribution in [0.3, 0.4) is 0 Å². The molecule has 1 atom stereocenters. The summed E-state index contributed by atoms with van der Waals surface area (Å²) < 4.78 is 9.84. The van der Waals surface area contributed by atoms with Crippen LogP contribution >= 0.6 is 23.4 Å². The molecule has 1 aromatic heterocycles. The number of halogens is 1. The van der Waals surface area contributed by atoms with Crippen LogP contribution in [0.25, 0.3) is 11.1 Å². The van der Waals surface area contributed by atoms with Gasteiger partial charge in [-0.3, -0.25) is 14.4 Å². The molecule has 1 unspecified atom stereocenters. The van der Waals surface area contributed by atoms with Crippen molar-refractivity contribution in [3.63, 3.8) is 0 Å². The number of nitrogen functional groups attached to an aromatic ring is 1. The van der Waals surface area contributed by atoms with E-state index < -0.39 is 23.0 Å². The maximum Gasteiger partial charge on any atom is 0.307 e. The largest absolute Gasteiger partial charge is 0.466 e. The van der Waals surface area contributed by atoms with E-state index in [2.05, 4.69) is 4.98 Å². The SMILES string of the molecule is CCOC(=O)CCC(=O)C(CC(=O)OCC)Sc1nc(N)c(C#N)c(-c2ccccc2Cl)c1C#N. The minimum Gasteiger partial charge on any atom is -0.466 e. The smallest absolute Gasteiger partial charge is 0.307 e. The molecule has 0 bridgehead atoms. The van der Waals surface area contributed by atoms with Crippen molar-refractivity contribution >= 4 is 46.9 Å². The van der Waals surface area contributed by atoms with E-state index in [0.717, 1.165) is 11.8 Å². The molecule has 1 aromatic carbocycles. The third-order valence-electron chi connectivity index (χ3n) is 4.71. The third kappa shape index (κ3) is 7.19. The second kappa shape index (κ2) is 13.3. The van der Waals surface area contributed by atoms with Gasteiger partial charge in [-0.1, -0.05) is 41.6 Å². The lowest BCUT2D eigenvalue weighted by Crippen LogP contribution is -2.24. The number of carbonyl (C=O) groups excluding carboxylic acids is 3. The van der Waals surface area contributed by atoms with Crippen LogP contribution in [0.15, 0.2) is 29.3 Å². The number of nitrogens with two attached hydrogens (primary N) is 1. The second-order valence-corrected chi connectivity index (χ2v) is 8.62. The highest BCUT2D eigenvalue weighted by molar-refractivity contribution is 8.00. The number of benzene rings is 1. The van der Waals surface area contributed by atoms with E-state index in [-0.39, 0.29) is 65.0 Å². The number of anilines is 1. The Morgan fingerprint density at radius 2 is 1.69 bits per heavy atom. The van der Waals surface area contributed by atoms with E-state index in [1.807, 2.05) is 12.1 Å². The van der Waals surface area contributed by atoms with Crippen molar-refractivity contribution in [3.8, 4) is 23.3 Å². The highest BCUT2D eigenvalue weighted by atomic mass is 35.5. The fourth-order valence-corrected chi connectivity index (χ4v) is 4.55. The van der Waals surface area contributed by atoms with E-state index in [1.165, 1.54) is 0 Å². The van der Waals surface area contributed by atoms with Gasteiger partial charge in [0.05, 0.1) is 36.9 Å². The first-order chi connectivity index (χ1) is 16.8. The molecule has 0 saturated heterocycles. The Kier molecular flexibility index (Phi) is 10.5. The molecular formula is C24H23ClN4O5S. The van der Waals surface area contributed by atoms with Gasteiger partial charge in [0.15, 0.2) is 0 Å². The minimum atomic E-state index is -1.02. The van der Waals surface area contributed by atoms with Gasteiger partial charge >= 0.3 is 11.9 Å². The molecule has 11 heteroatoms. The number of nitriles is 2. The molecule has 0 aliphatic heterocycles. The molecule has 35 heavy (non-hydrogen) atoms. The molecule has 0 aliphatic rings. The Morgan fingerprint density at radius 1 is 1.06 bits per heavy atom. The van der Waals surface area contributed by atoms with Gasteiger partial charge in [0.2, 0.25) is 0 Å². The zero-order chi connectivity index (χ0) is 26.0. The number of pyridine rings is 1. The Labute approximate surface area is 212 Å². The van der Waals surface area contributed by atoms with Crippen molar-refractivity contribution in [1.29, 1.82) is 10.5 Å². The highest BCUT2D eigenvalue weighted by Crippen LogP contribution is 2.40. The zero-order valence-electron chi connectivity index (χ0n) is 19.2. The maximum absolute atomic E-state index is 13.0. The fourth-order valence-electron chi connectivity index (χ4n) is 3.16. The minimum absolute atomic E-state index is 0.0131. The first-order valence-corrected chi connectivity index (χ1v) is 11.9. The average molecular weight is 515 g/mol. The number of Topliss-reactive ketones (excluding diaryl/α,β-unsaturated/α-hetero) is 1. The van der Waals surface area contributed by atoms with Crippen molar-refractivity contribution in [2.75, 3.05) is 18.9 Å². The summed E-state index contributed by atoms with van der Waals surface area (Å²) in [5, 5.41) is 19.0. The zero-order valence-corrected chi connectivity index (χ0v) is 20.7. The number of hydrogen-bond acceptors (Lipinski definition) is 10. The van der Waals surface area contributed by atoms with E-state index in [9.17, 15) is 24.9 Å². The molecule has 1 heterocycles. The van der Waals surface area contributed by atoms with Crippen molar-refractivity contribution in [3.05, 3.63) is 40.4 Å². The number of aromatic nitrogens is 1. The van der Waals surface area contributed by atoms with Crippen LogP contribution in [-0.2, 0) is 23.9 Å². The number of ketones is 1. The number of ether oxygens (including phenoxy) is 2. The van der Waals surface area contributed by atoms with Gasteiger partial charge in [-0.2, -0.15) is 10.5 Å². The standard InChI is InChI=1S/C24H23ClN4O5S/c1-3-33-20(31)10-9-18(30)19(11-21(32)34-4-2)35-24-16(13-27)22(15(12-26)23(28)29-24)14-7-5-6-8-17(14)25/h5-8,19H,3-4,9-11H2,1-2H3,(H2,28,29). The van der Waals surface area contributed by atoms with Crippen LogP contribution in [0.5, 0.6) is 0 Å². The first-order valence-electron chi connectivity index (χ1n) is 10.7. The summed E-state index contributed by atoms with van der Waals surface area (Å²) >= 11 is 7.18. The molecule has 9 nitrogen and oxygen atoms in total. The van der Waals surface area contributed by atoms with E-state index in [1.54, 1.807) is 38.1 Å². The van der Waals surface area contributed by atoms with Gasteiger partial charge in [-0.05, 0) is 19.9 Å². The van der Waals surface area contributed by atoms with Crippen molar-refractivity contribution in [2.45, 2.75) is 43.4 Å². The number of hydrogen-bond donors (Lipinski definition) is 1. The van der Waals surface area contributed by atoms with Gasteiger partial charge in [0, 0.05) is 22.6 Å². The van der Waals surface area contributed by atoms with Gasteiger partial charge < -0.3 is 15.2 Å². The maximum atomic E-state index is 13.0. The summed E-state index contributed by atoms with van der Waals surface area (Å²) in [6, 6.07) is 10.6. The van der Waals surface area contributed by atoms with Crippen LogP contribution in [0.2, 0.25) is 5.02 Å². The van der Waals surface area contributed by atoms with E-state index >= 15 is 0 Å². The predicted molar refractivity (Wildman–Crippen MR) is 130 cm³/mol. The van der Waals surface area contributed by atoms with Gasteiger partial charge in [-0.15, -0.1) is 0 Å². The summed E-state index contributed by atoms with van der Waals surface area (Å²) in [5.74, 6) is -1.75. The topological polar surface area (TPSA) is 156 Å². The lowest BCUT2D eigenvalue weighted by Gasteiger charge is -2.18. The van der Waals surface area contributed by atoms with Crippen LogP contribution < -0.4 is 5.73 Å². The summed E-state index contributed by atoms with van der Waals surface area (Å²) in [7, 11) is 0.